The molecule has 0 amide bonds. The Morgan fingerprint density at radius 1 is 1.37 bits per heavy atom. The summed E-state index contributed by atoms with van der Waals surface area (Å²) in [5.74, 6) is 0.811. The highest BCUT2D eigenvalue weighted by atomic mass is 32.1. The van der Waals surface area contributed by atoms with Gasteiger partial charge >= 0.3 is 0 Å². The normalized spacial score (nSPS) is 11.4. The molecule has 19 heavy (non-hydrogen) atoms. The van der Waals surface area contributed by atoms with Gasteiger partial charge in [-0.15, -0.1) is 11.3 Å². The van der Waals surface area contributed by atoms with E-state index >= 15 is 0 Å². The summed E-state index contributed by atoms with van der Waals surface area (Å²) in [5.41, 5.74) is 0.656. The first-order chi connectivity index (χ1) is 9.17. The lowest BCUT2D eigenvalue weighted by Crippen LogP contribution is -2.33. The number of fused-ring (bicyclic) bond motifs is 1. The first-order valence-corrected chi connectivity index (χ1v) is 7.35. The molecule has 5 nitrogen and oxygen atoms in total. The number of hydrogen-bond acceptors (Lipinski definition) is 5. The molecular formula is C13H20N4OS. The molecule has 0 aliphatic carbocycles. The molecule has 2 heterocycles. The maximum atomic E-state index is 11.4. The van der Waals surface area contributed by atoms with E-state index in [1.165, 1.54) is 0 Å². The number of likely N-dealkylation sites (N-methyl/N-ethyl adjacent to an activating group) is 1. The van der Waals surface area contributed by atoms with E-state index in [2.05, 4.69) is 35.8 Å². The molecule has 0 bridgehead atoms. The summed E-state index contributed by atoms with van der Waals surface area (Å²) in [6.45, 7) is 4.89. The van der Waals surface area contributed by atoms with Crippen molar-refractivity contribution in [3.8, 4) is 0 Å². The van der Waals surface area contributed by atoms with Crippen LogP contribution in [-0.4, -0.2) is 54.3 Å². The Labute approximate surface area is 117 Å². The lowest BCUT2D eigenvalue weighted by atomic mass is 10.3. The van der Waals surface area contributed by atoms with Crippen molar-refractivity contribution in [3.63, 3.8) is 0 Å². The zero-order valence-corrected chi connectivity index (χ0v) is 12.5. The standard InChI is InChI=1S/C13H20N4OS/c1-4-5-16(7-6-15(2)3)12-11(10-18)17-8-9-19-13(17)14-12/h8-10H,4-7H2,1-3H3. The molecule has 0 saturated carbocycles. The zero-order valence-electron chi connectivity index (χ0n) is 11.7. The molecule has 0 saturated heterocycles. The van der Waals surface area contributed by atoms with Crippen molar-refractivity contribution >= 4 is 28.4 Å². The van der Waals surface area contributed by atoms with Gasteiger partial charge in [-0.05, 0) is 20.5 Å². The summed E-state index contributed by atoms with van der Waals surface area (Å²) in [6.07, 6.45) is 3.84. The van der Waals surface area contributed by atoms with Crippen molar-refractivity contribution in [2.24, 2.45) is 0 Å². The Balaban J connectivity index is 2.31. The van der Waals surface area contributed by atoms with Crippen LogP contribution in [-0.2, 0) is 0 Å². The average molecular weight is 280 g/mol. The largest absolute Gasteiger partial charge is 0.353 e. The summed E-state index contributed by atoms with van der Waals surface area (Å²) < 4.78 is 1.87. The molecule has 0 fully saturated rings. The summed E-state index contributed by atoms with van der Waals surface area (Å²) >= 11 is 1.55. The predicted octanol–water partition coefficient (Wildman–Crippen LogP) is 1.99. The van der Waals surface area contributed by atoms with Crippen LogP contribution in [0.1, 0.15) is 23.8 Å². The van der Waals surface area contributed by atoms with Gasteiger partial charge in [0.15, 0.2) is 17.1 Å². The van der Waals surface area contributed by atoms with Crippen LogP contribution >= 0.6 is 11.3 Å². The molecule has 6 heteroatoms. The Morgan fingerprint density at radius 3 is 2.79 bits per heavy atom. The van der Waals surface area contributed by atoms with Gasteiger partial charge in [-0.3, -0.25) is 9.20 Å². The van der Waals surface area contributed by atoms with Crippen LogP contribution in [0.3, 0.4) is 0 Å². The molecular weight excluding hydrogens is 260 g/mol. The van der Waals surface area contributed by atoms with E-state index in [-0.39, 0.29) is 0 Å². The van der Waals surface area contributed by atoms with Crippen LogP contribution in [0.5, 0.6) is 0 Å². The number of hydrogen-bond donors (Lipinski definition) is 0. The summed E-state index contributed by atoms with van der Waals surface area (Å²) in [4.78, 5) is 21.2. The van der Waals surface area contributed by atoms with E-state index in [0.29, 0.717) is 5.69 Å². The Kier molecular flexibility index (Phi) is 4.55. The topological polar surface area (TPSA) is 40.9 Å². The summed E-state index contributed by atoms with van der Waals surface area (Å²) in [7, 11) is 4.10. The number of carbonyl (C=O) groups excluding carboxylic acids is 1. The van der Waals surface area contributed by atoms with E-state index < -0.39 is 0 Å². The fourth-order valence-corrected chi connectivity index (χ4v) is 2.76. The molecule has 0 radical (unpaired) electrons. The van der Waals surface area contributed by atoms with Gasteiger partial charge in [-0.1, -0.05) is 6.92 Å². The number of rotatable bonds is 7. The van der Waals surface area contributed by atoms with Crippen LogP contribution in [0.2, 0.25) is 0 Å². The molecule has 104 valence electrons. The van der Waals surface area contributed by atoms with Gasteiger partial charge in [0.1, 0.15) is 5.69 Å². The Hall–Kier alpha value is -1.40. The van der Waals surface area contributed by atoms with Crippen molar-refractivity contribution in [1.82, 2.24) is 14.3 Å². The van der Waals surface area contributed by atoms with Crippen LogP contribution in [0.4, 0.5) is 5.82 Å². The number of carbonyl (C=O) groups is 1. The maximum Gasteiger partial charge on any atom is 0.196 e. The molecule has 2 rings (SSSR count). The van der Waals surface area contributed by atoms with Crippen molar-refractivity contribution in [2.75, 3.05) is 38.6 Å². The number of aldehydes is 1. The van der Waals surface area contributed by atoms with Crippen LogP contribution in [0.15, 0.2) is 11.6 Å². The lowest BCUT2D eigenvalue weighted by molar-refractivity contribution is 0.111. The number of anilines is 1. The highest BCUT2D eigenvalue weighted by Gasteiger charge is 2.18. The molecule has 0 atom stereocenters. The quantitative estimate of drug-likeness (QED) is 0.727. The summed E-state index contributed by atoms with van der Waals surface area (Å²) in [6, 6.07) is 0. The van der Waals surface area contributed by atoms with Crippen molar-refractivity contribution in [2.45, 2.75) is 13.3 Å². The van der Waals surface area contributed by atoms with Gasteiger partial charge in [0.25, 0.3) is 0 Å². The molecule has 0 N–H and O–H groups in total. The maximum absolute atomic E-state index is 11.4. The van der Waals surface area contributed by atoms with Gasteiger partial charge in [-0.25, -0.2) is 4.98 Å². The highest BCUT2D eigenvalue weighted by Crippen LogP contribution is 2.23. The van der Waals surface area contributed by atoms with E-state index in [1.807, 2.05) is 16.0 Å². The first kappa shape index (κ1) is 14.0. The molecule has 2 aromatic rings. The van der Waals surface area contributed by atoms with Crippen molar-refractivity contribution in [1.29, 1.82) is 0 Å². The van der Waals surface area contributed by atoms with Gasteiger partial charge in [0, 0.05) is 31.2 Å². The second-order valence-corrected chi connectivity index (χ2v) is 5.66. The molecule has 0 aliphatic rings. The minimum atomic E-state index is 0.656. The highest BCUT2D eigenvalue weighted by molar-refractivity contribution is 7.15. The second-order valence-electron chi connectivity index (χ2n) is 4.78. The third-order valence-electron chi connectivity index (χ3n) is 3.00. The third-order valence-corrected chi connectivity index (χ3v) is 3.76. The van der Waals surface area contributed by atoms with E-state index in [4.69, 9.17) is 0 Å². The first-order valence-electron chi connectivity index (χ1n) is 6.47. The van der Waals surface area contributed by atoms with E-state index in [1.54, 1.807) is 11.3 Å². The number of thiazole rings is 1. The minimum Gasteiger partial charge on any atom is -0.353 e. The Bertz CT molecular complexity index is 546. The lowest BCUT2D eigenvalue weighted by Gasteiger charge is -2.24. The van der Waals surface area contributed by atoms with Gasteiger partial charge < -0.3 is 9.80 Å². The fourth-order valence-electron chi connectivity index (χ4n) is 2.05. The molecule has 0 unspecified atom stereocenters. The number of imidazole rings is 1. The Morgan fingerprint density at radius 2 is 2.16 bits per heavy atom. The van der Waals surface area contributed by atoms with Gasteiger partial charge in [-0.2, -0.15) is 0 Å². The fraction of sp³-hybridized carbons (Fsp3) is 0.538. The minimum absolute atomic E-state index is 0.656. The van der Waals surface area contributed by atoms with E-state index in [9.17, 15) is 4.79 Å². The van der Waals surface area contributed by atoms with E-state index in [0.717, 1.165) is 43.1 Å². The second kappa shape index (κ2) is 6.16. The molecule has 0 aromatic carbocycles. The number of nitrogens with zero attached hydrogens (tertiary/aromatic N) is 4. The van der Waals surface area contributed by atoms with Crippen LogP contribution in [0.25, 0.3) is 4.96 Å². The average Bonchev–Trinajstić information content (AvgIpc) is 2.93. The molecule has 0 spiro atoms. The molecule has 0 aliphatic heterocycles. The monoisotopic (exact) mass is 280 g/mol. The predicted molar refractivity (Wildman–Crippen MR) is 79.5 cm³/mol. The molecule has 2 aromatic heterocycles. The third kappa shape index (κ3) is 2.96. The number of aromatic nitrogens is 2. The summed E-state index contributed by atoms with van der Waals surface area (Å²) in [5, 5.41) is 1.95. The van der Waals surface area contributed by atoms with Crippen LogP contribution in [0, 0.1) is 0 Å². The smallest absolute Gasteiger partial charge is 0.196 e. The van der Waals surface area contributed by atoms with Crippen LogP contribution < -0.4 is 4.90 Å². The zero-order chi connectivity index (χ0) is 13.8. The van der Waals surface area contributed by atoms with Gasteiger partial charge in [0.2, 0.25) is 0 Å². The van der Waals surface area contributed by atoms with Gasteiger partial charge in [0.05, 0.1) is 0 Å². The van der Waals surface area contributed by atoms with Crippen molar-refractivity contribution in [3.05, 3.63) is 17.3 Å². The van der Waals surface area contributed by atoms with Crippen molar-refractivity contribution < 1.29 is 4.79 Å². The SMILES string of the molecule is CCCN(CCN(C)C)c1nc2sccn2c1C=O.